The highest BCUT2D eigenvalue weighted by Crippen LogP contribution is 2.28. The maximum atomic E-state index is 13.8. The van der Waals surface area contributed by atoms with Crippen molar-refractivity contribution in [2.24, 2.45) is 5.92 Å². The van der Waals surface area contributed by atoms with E-state index in [1.165, 1.54) is 6.07 Å². The highest BCUT2D eigenvalue weighted by Gasteiger charge is 2.35. The SMILES string of the molecule is CN1CC(NC(=O)N2CCc3cnc(CC4CCOCC4)nc3C2)[C@H](c2cccc(F)c2)C1. The van der Waals surface area contributed by atoms with Crippen LogP contribution >= 0.6 is 0 Å². The van der Waals surface area contributed by atoms with E-state index in [0.29, 0.717) is 19.0 Å². The molecular formula is C25H32FN5O2. The molecule has 3 aliphatic rings. The number of urea groups is 1. The summed E-state index contributed by atoms with van der Waals surface area (Å²) in [7, 11) is 2.03. The lowest BCUT2D eigenvalue weighted by molar-refractivity contribution is 0.0659. The van der Waals surface area contributed by atoms with Crippen molar-refractivity contribution >= 4 is 6.03 Å². The highest BCUT2D eigenvalue weighted by molar-refractivity contribution is 5.75. The molecule has 1 aromatic carbocycles. The molecule has 0 aliphatic carbocycles. The minimum atomic E-state index is -0.240. The van der Waals surface area contributed by atoms with Gasteiger partial charge >= 0.3 is 6.03 Å². The second-order valence-corrected chi connectivity index (χ2v) is 9.63. The van der Waals surface area contributed by atoms with Crippen molar-refractivity contribution in [3.8, 4) is 0 Å². The van der Waals surface area contributed by atoms with Crippen molar-refractivity contribution in [3.05, 3.63) is 58.9 Å². The second kappa shape index (κ2) is 9.73. The molecule has 2 fully saturated rings. The maximum Gasteiger partial charge on any atom is 0.318 e. The monoisotopic (exact) mass is 453 g/mol. The van der Waals surface area contributed by atoms with Gasteiger partial charge in [0.2, 0.25) is 0 Å². The zero-order valence-electron chi connectivity index (χ0n) is 19.2. The van der Waals surface area contributed by atoms with Crippen molar-refractivity contribution in [1.29, 1.82) is 0 Å². The van der Waals surface area contributed by atoms with E-state index >= 15 is 0 Å². The number of rotatable bonds is 4. The quantitative estimate of drug-likeness (QED) is 0.771. The number of ether oxygens (including phenoxy) is 1. The van der Waals surface area contributed by atoms with Gasteiger partial charge in [-0.1, -0.05) is 12.1 Å². The number of aromatic nitrogens is 2. The van der Waals surface area contributed by atoms with Gasteiger partial charge in [-0.05, 0) is 55.5 Å². The van der Waals surface area contributed by atoms with Crippen LogP contribution in [0.25, 0.3) is 0 Å². The molecule has 33 heavy (non-hydrogen) atoms. The Labute approximate surface area is 194 Å². The summed E-state index contributed by atoms with van der Waals surface area (Å²) in [5, 5.41) is 3.22. The molecule has 3 aliphatic heterocycles. The van der Waals surface area contributed by atoms with Gasteiger partial charge in [0.05, 0.1) is 18.3 Å². The summed E-state index contributed by atoms with van der Waals surface area (Å²) in [5.74, 6) is 1.27. The standard InChI is InChI=1S/C25H32FN5O2/c1-30-14-21(18-3-2-4-20(26)12-18)23(15-30)29-25(32)31-8-5-19-13-27-24(28-22(19)16-31)11-17-6-9-33-10-7-17/h2-4,12-13,17,21,23H,5-11,14-16H2,1H3,(H,29,32)/t21-,23?/m0/s1. The van der Waals surface area contributed by atoms with Crippen molar-refractivity contribution in [1.82, 2.24) is 25.1 Å². The van der Waals surface area contributed by atoms with Crippen molar-refractivity contribution < 1.29 is 13.9 Å². The molecule has 2 saturated heterocycles. The lowest BCUT2D eigenvalue weighted by Gasteiger charge is -2.31. The molecule has 5 rings (SSSR count). The van der Waals surface area contributed by atoms with E-state index in [1.807, 2.05) is 24.2 Å². The number of halogens is 1. The van der Waals surface area contributed by atoms with Crippen LogP contribution in [0, 0.1) is 11.7 Å². The van der Waals surface area contributed by atoms with Gasteiger partial charge in [-0.2, -0.15) is 0 Å². The molecule has 2 atom stereocenters. The van der Waals surface area contributed by atoms with Crippen LogP contribution in [0.3, 0.4) is 0 Å². The molecular weight excluding hydrogens is 421 g/mol. The number of likely N-dealkylation sites (N-methyl/N-ethyl adjacent to an activating group) is 1. The lowest BCUT2D eigenvalue weighted by Crippen LogP contribution is -2.49. The topological polar surface area (TPSA) is 70.6 Å². The number of amides is 2. The molecule has 4 heterocycles. The number of fused-ring (bicyclic) bond motifs is 1. The van der Waals surface area contributed by atoms with Gasteiger partial charge in [-0.3, -0.25) is 0 Å². The third-order valence-corrected chi connectivity index (χ3v) is 7.18. The third-order valence-electron chi connectivity index (χ3n) is 7.18. The number of carbonyl (C=O) groups excluding carboxylic acids is 1. The normalized spacial score (nSPS) is 24.0. The molecule has 1 aromatic heterocycles. The first kappa shape index (κ1) is 22.2. The molecule has 0 bridgehead atoms. The van der Waals surface area contributed by atoms with Gasteiger partial charge in [0.25, 0.3) is 0 Å². The van der Waals surface area contributed by atoms with E-state index in [9.17, 15) is 9.18 Å². The van der Waals surface area contributed by atoms with Gasteiger partial charge in [0.1, 0.15) is 11.6 Å². The third kappa shape index (κ3) is 5.17. The lowest BCUT2D eigenvalue weighted by atomic mass is 9.94. The smallest absolute Gasteiger partial charge is 0.318 e. The minimum Gasteiger partial charge on any atom is -0.381 e. The predicted molar refractivity (Wildman–Crippen MR) is 122 cm³/mol. The minimum absolute atomic E-state index is 0.0554. The Hall–Kier alpha value is -2.58. The van der Waals surface area contributed by atoms with Crippen LogP contribution in [0.4, 0.5) is 9.18 Å². The van der Waals surface area contributed by atoms with E-state index in [-0.39, 0.29) is 23.8 Å². The Morgan fingerprint density at radius 3 is 2.94 bits per heavy atom. The van der Waals surface area contributed by atoms with E-state index in [4.69, 9.17) is 9.72 Å². The van der Waals surface area contributed by atoms with Crippen LogP contribution in [0.2, 0.25) is 0 Å². The summed E-state index contributed by atoms with van der Waals surface area (Å²) in [6.45, 7) is 4.31. The van der Waals surface area contributed by atoms with Gasteiger partial charge in [-0.15, -0.1) is 0 Å². The number of hydrogen-bond donors (Lipinski definition) is 1. The Morgan fingerprint density at radius 2 is 2.12 bits per heavy atom. The average Bonchev–Trinajstić information content (AvgIpc) is 3.19. The second-order valence-electron chi connectivity index (χ2n) is 9.63. The summed E-state index contributed by atoms with van der Waals surface area (Å²) in [4.78, 5) is 26.6. The summed E-state index contributed by atoms with van der Waals surface area (Å²) in [6, 6.07) is 6.59. The summed E-state index contributed by atoms with van der Waals surface area (Å²) >= 11 is 0. The van der Waals surface area contributed by atoms with E-state index in [2.05, 4.69) is 15.2 Å². The maximum absolute atomic E-state index is 13.8. The largest absolute Gasteiger partial charge is 0.381 e. The number of carbonyl (C=O) groups is 1. The van der Waals surface area contributed by atoms with Crippen molar-refractivity contribution in [2.45, 2.75) is 44.2 Å². The number of benzene rings is 1. The molecule has 8 heteroatoms. The Bertz CT molecular complexity index is 997. The molecule has 1 unspecified atom stereocenters. The molecule has 176 valence electrons. The number of likely N-dealkylation sites (tertiary alicyclic amines) is 1. The number of nitrogens with zero attached hydrogens (tertiary/aromatic N) is 4. The van der Waals surface area contributed by atoms with Crippen molar-refractivity contribution in [2.75, 3.05) is 39.9 Å². The van der Waals surface area contributed by atoms with Crippen LogP contribution in [0.5, 0.6) is 0 Å². The zero-order chi connectivity index (χ0) is 22.8. The zero-order valence-corrected chi connectivity index (χ0v) is 19.2. The van der Waals surface area contributed by atoms with Gasteiger partial charge < -0.3 is 19.9 Å². The van der Waals surface area contributed by atoms with Crippen LogP contribution < -0.4 is 5.32 Å². The molecule has 0 saturated carbocycles. The highest BCUT2D eigenvalue weighted by atomic mass is 19.1. The summed E-state index contributed by atoms with van der Waals surface area (Å²) < 4.78 is 19.2. The first-order chi connectivity index (χ1) is 16.0. The van der Waals surface area contributed by atoms with E-state index in [1.54, 1.807) is 12.1 Å². The average molecular weight is 454 g/mol. The van der Waals surface area contributed by atoms with E-state index < -0.39 is 0 Å². The Kier molecular flexibility index (Phi) is 6.55. The molecule has 2 aromatic rings. The van der Waals surface area contributed by atoms with Crippen molar-refractivity contribution in [3.63, 3.8) is 0 Å². The fourth-order valence-corrected chi connectivity index (χ4v) is 5.30. The molecule has 0 spiro atoms. The van der Waals surface area contributed by atoms with E-state index in [0.717, 1.165) is 74.6 Å². The molecule has 1 N–H and O–H groups in total. The van der Waals surface area contributed by atoms with Crippen LogP contribution in [0.1, 0.15) is 41.4 Å². The van der Waals surface area contributed by atoms with Gasteiger partial charge in [-0.25, -0.2) is 19.2 Å². The summed E-state index contributed by atoms with van der Waals surface area (Å²) in [5.41, 5.74) is 3.02. The summed E-state index contributed by atoms with van der Waals surface area (Å²) in [6.07, 6.45) is 5.68. The predicted octanol–water partition coefficient (Wildman–Crippen LogP) is 2.75. The van der Waals surface area contributed by atoms with Crippen LogP contribution in [-0.2, 0) is 24.1 Å². The fraction of sp³-hybridized carbons (Fsp3) is 0.560. The van der Waals surface area contributed by atoms with Crippen LogP contribution in [-0.4, -0.2) is 71.7 Å². The Balaban J connectivity index is 1.24. The fourth-order valence-electron chi connectivity index (χ4n) is 5.30. The number of nitrogens with one attached hydrogen (secondary N) is 1. The first-order valence-corrected chi connectivity index (χ1v) is 12.0. The number of hydrogen-bond acceptors (Lipinski definition) is 5. The molecule has 0 radical (unpaired) electrons. The molecule has 2 amide bonds. The Morgan fingerprint density at radius 1 is 1.27 bits per heavy atom. The first-order valence-electron chi connectivity index (χ1n) is 12.0. The van der Waals surface area contributed by atoms with Gasteiger partial charge in [0, 0.05) is 51.4 Å². The van der Waals surface area contributed by atoms with Gasteiger partial charge in [0.15, 0.2) is 0 Å². The van der Waals surface area contributed by atoms with Crippen LogP contribution in [0.15, 0.2) is 30.5 Å². The molecule has 7 nitrogen and oxygen atoms in total.